The van der Waals surface area contributed by atoms with E-state index in [9.17, 15) is 0 Å². The molecule has 0 saturated carbocycles. The maximum Gasteiger partial charge on any atom is 1.00 e. The zero-order valence-electron chi connectivity index (χ0n) is 13.3. The van der Waals surface area contributed by atoms with Crippen molar-refractivity contribution in [3.8, 4) is 0 Å². The van der Waals surface area contributed by atoms with E-state index in [1.54, 1.807) is 0 Å². The van der Waals surface area contributed by atoms with Gasteiger partial charge in [-0.15, -0.1) is 0 Å². The molecule has 0 N–H and O–H groups in total. The molecule has 97 valence electrons. The summed E-state index contributed by atoms with van der Waals surface area (Å²) < 4.78 is 17.2. The molecule has 0 saturated heterocycles. The molecule has 0 aliphatic heterocycles. The summed E-state index contributed by atoms with van der Waals surface area (Å²) in [5.41, 5.74) is -0.872. The van der Waals surface area contributed by atoms with Crippen LogP contribution < -0.4 is 51.4 Å². The number of hydrogen-bond acceptors (Lipinski definition) is 3. The van der Waals surface area contributed by atoms with Gasteiger partial charge in [-0.2, -0.15) is 0 Å². The number of hydrogen-bond donors (Lipinski definition) is 0. The molecule has 0 amide bonds. The first-order valence-electron chi connectivity index (χ1n) is 5.82. The van der Waals surface area contributed by atoms with Gasteiger partial charge in [-0.3, -0.25) is 0 Å². The fourth-order valence-electron chi connectivity index (χ4n) is 0.938. The Morgan fingerprint density at radius 3 is 0.824 bits per heavy atom. The first-order valence-corrected chi connectivity index (χ1v) is 5.82. The van der Waals surface area contributed by atoms with Gasteiger partial charge in [0.2, 0.25) is 0 Å². The van der Waals surface area contributed by atoms with Crippen molar-refractivity contribution in [2.45, 2.75) is 79.1 Å². The molecule has 0 spiro atoms. The molecule has 17 heavy (non-hydrogen) atoms. The van der Waals surface area contributed by atoms with Crippen molar-refractivity contribution in [2.24, 2.45) is 0 Å². The molecular formula is C12H27BKO3. The van der Waals surface area contributed by atoms with Gasteiger partial charge < -0.3 is 14.0 Å². The van der Waals surface area contributed by atoms with E-state index in [0.717, 1.165) is 0 Å². The van der Waals surface area contributed by atoms with Gasteiger partial charge in [0.1, 0.15) is 0 Å². The molecule has 0 bridgehead atoms. The minimum Gasteiger partial charge on any atom is -0.562 e. The van der Waals surface area contributed by atoms with E-state index in [-0.39, 0.29) is 68.2 Å². The Bertz CT molecular complexity index is 175. The van der Waals surface area contributed by atoms with E-state index >= 15 is 0 Å². The van der Waals surface area contributed by atoms with Crippen LogP contribution in [0.15, 0.2) is 0 Å². The van der Waals surface area contributed by atoms with E-state index in [4.69, 9.17) is 14.0 Å². The Labute approximate surface area is 150 Å². The molecule has 3 nitrogen and oxygen atoms in total. The molecule has 0 aliphatic carbocycles. The molecule has 0 unspecified atom stereocenters. The molecule has 0 rings (SSSR count). The van der Waals surface area contributed by atoms with Crippen LogP contribution in [0, 0.1) is 0 Å². The van der Waals surface area contributed by atoms with Crippen LogP contribution >= 0.6 is 0 Å². The van der Waals surface area contributed by atoms with Gasteiger partial charge in [0.05, 0.1) is 0 Å². The standard InChI is InChI=1S/C12H27BO3.K/c1-10(2,3)14-13(15-11(4,5)6)16-12(7,8)9;/h1-9H3;/q-1;+1. The predicted octanol–water partition coefficient (Wildman–Crippen LogP) is 0.421. The molecule has 0 heterocycles. The molecule has 0 fully saturated rings. The minimum atomic E-state index is -0.639. The quantitative estimate of drug-likeness (QED) is 0.695. The first-order chi connectivity index (χ1) is 6.79. The number of rotatable bonds is 3. The molecule has 5 heteroatoms. The fraction of sp³-hybridized carbons (Fsp3) is 1.00. The summed E-state index contributed by atoms with van der Waals surface area (Å²) in [4.78, 5) is 0. The second kappa shape index (κ2) is 7.39. The molecule has 1 radical (unpaired) electrons. The van der Waals surface area contributed by atoms with Crippen LogP contribution in [0.3, 0.4) is 0 Å². The topological polar surface area (TPSA) is 27.7 Å². The summed E-state index contributed by atoms with van der Waals surface area (Å²) in [7, 11) is -0.639. The van der Waals surface area contributed by atoms with Crippen molar-refractivity contribution in [1.29, 1.82) is 0 Å². The maximum absolute atomic E-state index is 5.75. The largest absolute Gasteiger partial charge is 1.00 e. The van der Waals surface area contributed by atoms with Gasteiger partial charge in [-0.05, 0) is 62.3 Å². The zero-order chi connectivity index (χ0) is 13.2. The molecule has 0 aromatic heterocycles. The zero-order valence-corrected chi connectivity index (χ0v) is 16.4. The van der Waals surface area contributed by atoms with Crippen molar-refractivity contribution in [3.63, 3.8) is 0 Å². The van der Waals surface area contributed by atoms with Crippen molar-refractivity contribution in [3.05, 3.63) is 0 Å². The minimum absolute atomic E-state index is 0. The van der Waals surface area contributed by atoms with Crippen LogP contribution in [-0.2, 0) is 14.0 Å². The van der Waals surface area contributed by atoms with E-state index in [1.165, 1.54) is 0 Å². The monoisotopic (exact) mass is 269 g/mol. The molecular weight excluding hydrogens is 242 g/mol. The van der Waals surface area contributed by atoms with E-state index in [1.807, 2.05) is 62.3 Å². The second-order valence-corrected chi connectivity index (χ2v) is 6.98. The average molecular weight is 269 g/mol. The molecule has 0 atom stereocenters. The van der Waals surface area contributed by atoms with Crippen molar-refractivity contribution >= 4 is 7.32 Å². The Balaban J connectivity index is 0. The Morgan fingerprint density at radius 2 is 0.706 bits per heavy atom. The second-order valence-electron chi connectivity index (χ2n) is 6.98. The van der Waals surface area contributed by atoms with Gasteiger partial charge in [-0.25, -0.2) is 0 Å². The van der Waals surface area contributed by atoms with Crippen LogP contribution in [0.5, 0.6) is 0 Å². The first kappa shape index (κ1) is 20.9. The van der Waals surface area contributed by atoms with E-state index in [0.29, 0.717) is 0 Å². The van der Waals surface area contributed by atoms with Crippen LogP contribution in [0.4, 0.5) is 0 Å². The summed E-state index contributed by atoms with van der Waals surface area (Å²) in [5, 5.41) is 0. The van der Waals surface area contributed by atoms with Crippen LogP contribution in [0.2, 0.25) is 0 Å². The van der Waals surface area contributed by atoms with Crippen LogP contribution in [0.25, 0.3) is 0 Å². The third-order valence-electron chi connectivity index (χ3n) is 1.35. The van der Waals surface area contributed by atoms with Gasteiger partial charge in [0.15, 0.2) is 0 Å². The van der Waals surface area contributed by atoms with Gasteiger partial charge in [0.25, 0.3) is 0 Å². The van der Waals surface area contributed by atoms with Crippen molar-refractivity contribution in [1.82, 2.24) is 0 Å². The summed E-state index contributed by atoms with van der Waals surface area (Å²) in [6, 6.07) is 0. The van der Waals surface area contributed by atoms with E-state index in [2.05, 4.69) is 0 Å². The van der Waals surface area contributed by atoms with Gasteiger partial charge in [-0.1, -0.05) is 0 Å². The van der Waals surface area contributed by atoms with Crippen molar-refractivity contribution in [2.75, 3.05) is 0 Å². The normalized spacial score (nSPS) is 13.8. The maximum atomic E-state index is 5.75. The third-order valence-corrected chi connectivity index (χ3v) is 1.35. The van der Waals surface area contributed by atoms with Gasteiger partial charge >= 0.3 is 58.7 Å². The van der Waals surface area contributed by atoms with Crippen LogP contribution in [-0.4, -0.2) is 24.1 Å². The smallest absolute Gasteiger partial charge is 0.562 e. The fourth-order valence-corrected chi connectivity index (χ4v) is 0.938. The SMILES string of the molecule is CC(C)(C)O[B-](OC(C)(C)C)OC(C)(C)C.[K+]. The van der Waals surface area contributed by atoms with Crippen LogP contribution in [0.1, 0.15) is 62.3 Å². The summed E-state index contributed by atoms with van der Waals surface area (Å²) in [5.74, 6) is 0. The Morgan fingerprint density at radius 1 is 0.529 bits per heavy atom. The summed E-state index contributed by atoms with van der Waals surface area (Å²) >= 11 is 0. The third kappa shape index (κ3) is 15.5. The molecule has 0 aromatic rings. The van der Waals surface area contributed by atoms with E-state index < -0.39 is 7.32 Å². The average Bonchev–Trinajstić information content (AvgIpc) is 1.70. The predicted molar refractivity (Wildman–Crippen MR) is 68.3 cm³/mol. The Hall–Kier alpha value is 1.58. The summed E-state index contributed by atoms with van der Waals surface area (Å²) in [6.07, 6.45) is 0. The van der Waals surface area contributed by atoms with Crippen molar-refractivity contribution < 1.29 is 65.3 Å². The summed E-state index contributed by atoms with van der Waals surface area (Å²) in [6.45, 7) is 17.9. The van der Waals surface area contributed by atoms with Gasteiger partial charge in [0, 0.05) is 16.8 Å². The molecule has 0 aromatic carbocycles. The molecule has 0 aliphatic rings. The Kier molecular flexibility index (Phi) is 9.08.